The third-order valence-corrected chi connectivity index (χ3v) is 27.3. The predicted octanol–water partition coefficient (Wildman–Crippen LogP) is 13.5. The minimum atomic E-state index is -2.38. The number of aryl methyl sites for hydroxylation is 1. The third kappa shape index (κ3) is 15.2. The second-order valence-electron chi connectivity index (χ2n) is 21.3. The second-order valence-corrected chi connectivity index (χ2v) is 36.7. The highest BCUT2D eigenvalue weighted by Crippen LogP contribution is 2.44. The van der Waals surface area contributed by atoms with Crippen molar-refractivity contribution in [2.45, 2.75) is 209 Å². The van der Waals surface area contributed by atoms with Crippen LogP contribution in [0.3, 0.4) is 0 Å². The number of hydrogen-bond donors (Lipinski definition) is 1. The van der Waals surface area contributed by atoms with Gasteiger partial charge in [-0.15, -0.1) is 11.3 Å². The van der Waals surface area contributed by atoms with Gasteiger partial charge in [0.2, 0.25) is 0 Å². The fraction of sp³-hybridized carbons (Fsp3) is 0.795. The monoisotopic (exact) mass is 838 g/mol. The number of carboxylic acid groups (broad SMARTS) is 1. The van der Waals surface area contributed by atoms with E-state index in [1.54, 1.807) is 11.3 Å². The summed E-state index contributed by atoms with van der Waals surface area (Å²) in [4.78, 5) is 31.5. The lowest BCUT2D eigenvalue weighted by molar-refractivity contribution is -0.146. The molecule has 1 aromatic heterocycles. The van der Waals surface area contributed by atoms with Gasteiger partial charge >= 0.3 is 5.97 Å². The molecule has 0 aliphatic rings. The van der Waals surface area contributed by atoms with Gasteiger partial charge in [0.15, 0.2) is 25.0 Å². The molecule has 0 saturated heterocycles. The van der Waals surface area contributed by atoms with Crippen molar-refractivity contribution in [1.29, 1.82) is 0 Å². The highest BCUT2D eigenvalue weighted by Gasteiger charge is 2.50. The summed E-state index contributed by atoms with van der Waals surface area (Å²) in [6, 6.07) is 0. The van der Waals surface area contributed by atoms with E-state index in [1.807, 2.05) is 27.7 Å². The Kier molecular flexibility index (Phi) is 18.5. The number of nitrogens with zero attached hydrogens (tertiary/aromatic N) is 1. The third-order valence-electron chi connectivity index (χ3n) is 13.1. The average Bonchev–Trinajstić information content (AvgIpc) is 3.41. The Morgan fingerprint density at radius 3 is 1.76 bits per heavy atom. The molecule has 0 unspecified atom stereocenters. The molecule has 0 aromatic carbocycles. The van der Waals surface area contributed by atoms with Gasteiger partial charge in [-0.2, -0.15) is 0 Å². The van der Waals surface area contributed by atoms with Crippen molar-refractivity contribution in [3.63, 3.8) is 0 Å². The molecule has 11 heteroatoms. The molecule has 5 atom stereocenters. The molecular formula is C44H83NO6SSi3. The van der Waals surface area contributed by atoms with Gasteiger partial charge in [-0.25, -0.2) is 4.98 Å². The van der Waals surface area contributed by atoms with Crippen molar-refractivity contribution in [3.8, 4) is 0 Å². The molecule has 0 bridgehead atoms. The highest BCUT2D eigenvalue weighted by molar-refractivity contribution is 7.09. The van der Waals surface area contributed by atoms with Crippen LogP contribution in [0.25, 0.3) is 6.08 Å². The van der Waals surface area contributed by atoms with Gasteiger partial charge in [0, 0.05) is 16.7 Å². The smallest absolute Gasteiger partial charge is 0.305 e. The fourth-order valence-corrected chi connectivity index (χ4v) is 10.8. The van der Waals surface area contributed by atoms with E-state index >= 15 is 0 Å². The summed E-state index contributed by atoms with van der Waals surface area (Å²) in [5, 5.41) is 13.1. The lowest BCUT2D eigenvalue weighted by atomic mass is 9.73. The summed E-state index contributed by atoms with van der Waals surface area (Å²) in [6.45, 7) is 45.5. The maximum absolute atomic E-state index is 14.7. The summed E-state index contributed by atoms with van der Waals surface area (Å²) in [7, 11) is -6.65. The van der Waals surface area contributed by atoms with Crippen LogP contribution >= 0.6 is 11.3 Å². The molecule has 0 aliphatic heterocycles. The van der Waals surface area contributed by atoms with Crippen molar-refractivity contribution in [2.75, 3.05) is 0 Å². The number of ketones is 1. The molecule has 1 heterocycles. The lowest BCUT2D eigenvalue weighted by Crippen LogP contribution is -2.54. The Morgan fingerprint density at radius 1 is 0.818 bits per heavy atom. The Morgan fingerprint density at radius 2 is 1.31 bits per heavy atom. The predicted molar refractivity (Wildman–Crippen MR) is 244 cm³/mol. The van der Waals surface area contributed by atoms with Crippen LogP contribution in [0.5, 0.6) is 0 Å². The lowest BCUT2D eigenvalue weighted by Gasteiger charge is -2.46. The number of aliphatic carboxylic acids is 1. The van der Waals surface area contributed by atoms with E-state index in [2.05, 4.69) is 144 Å². The molecule has 0 fully saturated rings. The van der Waals surface area contributed by atoms with E-state index in [9.17, 15) is 14.7 Å². The van der Waals surface area contributed by atoms with Crippen LogP contribution in [-0.2, 0) is 22.9 Å². The molecule has 0 amide bonds. The summed E-state index contributed by atoms with van der Waals surface area (Å²) < 4.78 is 20.8. The first-order valence-corrected chi connectivity index (χ1v) is 30.2. The van der Waals surface area contributed by atoms with Gasteiger partial charge in [-0.05, 0) is 111 Å². The number of carbonyl (C=O) groups is 2. The number of hydrogen-bond acceptors (Lipinski definition) is 7. The van der Waals surface area contributed by atoms with Gasteiger partial charge in [0.1, 0.15) is 5.78 Å². The standard InChI is InChI=1S/C44H83NO6SSi3/c1-31(26-24-22-23-25-27-36(49-53(16,17)41(5,6)7)32(2)28-35-30-52-34(4)45-35)39(51-55(20,21)43(11,12)13)33(3)40(48)44(14,15)37(29-38(46)47)50-54(18,19)42(8,9)10/h23,25,28,30-31,33,36-37,39H,22,24,26-27,29H2,1-21H3,(H,46,47)/b25-23+,32-28+/t31-,33+,36-,37-,39-/m0/s1. The SMILES string of the molecule is C/C(=C\c1csc(C)n1)[C@H](C/C=C/CCC[C@H](C)[C@H](O[Si](C)(C)C(C)(C)C)[C@@H](C)C(=O)C(C)(C)[C@H](CC(=O)O)O[Si](C)(C)C(C)(C)C)O[Si](C)(C)C(C)(C)C. The molecule has 55 heavy (non-hydrogen) atoms. The second kappa shape index (κ2) is 19.7. The fourth-order valence-electron chi connectivity index (χ4n) is 5.95. The number of carbonyl (C=O) groups excluding carboxylic acids is 1. The maximum atomic E-state index is 14.7. The number of aromatic nitrogens is 1. The molecular weight excluding hydrogens is 755 g/mol. The summed E-state index contributed by atoms with van der Waals surface area (Å²) in [5.41, 5.74) is 1.17. The minimum absolute atomic E-state index is 0.0110. The van der Waals surface area contributed by atoms with E-state index in [0.29, 0.717) is 0 Å². The Balaban J connectivity index is 3.29. The van der Waals surface area contributed by atoms with E-state index < -0.39 is 48.4 Å². The number of Topliss-reactive ketones (excluding diaryl/α,β-unsaturated/α-hetero) is 1. The zero-order valence-electron chi connectivity index (χ0n) is 39.1. The van der Waals surface area contributed by atoms with E-state index in [4.69, 9.17) is 13.3 Å². The van der Waals surface area contributed by atoms with Crippen LogP contribution in [0.4, 0.5) is 0 Å². The molecule has 1 N–H and O–H groups in total. The van der Waals surface area contributed by atoms with Crippen LogP contribution in [0.1, 0.15) is 140 Å². The minimum Gasteiger partial charge on any atom is -0.481 e. The average molecular weight is 838 g/mol. The summed E-state index contributed by atoms with van der Waals surface area (Å²) in [5.74, 6) is -1.25. The van der Waals surface area contributed by atoms with E-state index in [1.165, 1.54) is 5.57 Å². The van der Waals surface area contributed by atoms with Crippen LogP contribution in [0.2, 0.25) is 54.4 Å². The number of carboxylic acids is 1. The van der Waals surface area contributed by atoms with Gasteiger partial charge in [0.25, 0.3) is 0 Å². The van der Waals surface area contributed by atoms with Crippen LogP contribution < -0.4 is 0 Å². The molecule has 7 nitrogen and oxygen atoms in total. The highest BCUT2D eigenvalue weighted by atomic mass is 32.1. The number of allylic oxidation sites excluding steroid dienone is 1. The van der Waals surface area contributed by atoms with E-state index in [-0.39, 0.29) is 45.4 Å². The van der Waals surface area contributed by atoms with Crippen molar-refractivity contribution in [3.05, 3.63) is 33.8 Å². The topological polar surface area (TPSA) is 95.0 Å². The molecule has 318 valence electrons. The molecule has 0 aliphatic carbocycles. The summed E-state index contributed by atoms with van der Waals surface area (Å²) >= 11 is 1.67. The van der Waals surface area contributed by atoms with Gasteiger partial charge in [0.05, 0.1) is 35.4 Å². The number of thiazole rings is 1. The first-order chi connectivity index (χ1) is 24.6. The Labute approximate surface area is 345 Å². The summed E-state index contributed by atoms with van der Waals surface area (Å²) in [6.07, 6.45) is 9.08. The number of rotatable bonds is 21. The van der Waals surface area contributed by atoms with Gasteiger partial charge < -0.3 is 18.4 Å². The first-order valence-electron chi connectivity index (χ1n) is 20.6. The number of unbranched alkanes of at least 4 members (excludes halogenated alkanes) is 1. The first kappa shape index (κ1) is 51.8. The van der Waals surface area contributed by atoms with Crippen molar-refractivity contribution >= 4 is 54.1 Å². The molecule has 1 rings (SSSR count). The van der Waals surface area contributed by atoms with Crippen LogP contribution in [0.15, 0.2) is 23.1 Å². The molecule has 0 saturated carbocycles. The van der Waals surface area contributed by atoms with Crippen molar-refractivity contribution < 1.29 is 28.0 Å². The van der Waals surface area contributed by atoms with Crippen LogP contribution in [0, 0.1) is 24.2 Å². The zero-order chi connectivity index (χ0) is 43.2. The Hall–Kier alpha value is -1.22. The van der Waals surface area contributed by atoms with Crippen LogP contribution in [-0.4, -0.2) is 65.1 Å². The maximum Gasteiger partial charge on any atom is 0.305 e. The molecule has 0 radical (unpaired) electrons. The largest absolute Gasteiger partial charge is 0.481 e. The normalized spacial score (nSPS) is 17.3. The van der Waals surface area contributed by atoms with Gasteiger partial charge in [-0.3, -0.25) is 9.59 Å². The van der Waals surface area contributed by atoms with E-state index in [0.717, 1.165) is 36.4 Å². The van der Waals surface area contributed by atoms with Crippen molar-refractivity contribution in [1.82, 2.24) is 4.98 Å². The van der Waals surface area contributed by atoms with Crippen molar-refractivity contribution in [2.24, 2.45) is 17.3 Å². The van der Waals surface area contributed by atoms with Gasteiger partial charge in [-0.1, -0.05) is 102 Å². The Bertz CT molecular complexity index is 1460. The zero-order valence-corrected chi connectivity index (χ0v) is 42.9. The quantitative estimate of drug-likeness (QED) is 0.0748. The molecule has 0 spiro atoms. The molecule has 1 aromatic rings.